The number of aromatic nitrogens is 2. The van der Waals surface area contributed by atoms with Gasteiger partial charge in [-0.15, -0.1) is 0 Å². The largest absolute Gasteiger partial charge is 0.457 e. The summed E-state index contributed by atoms with van der Waals surface area (Å²) in [6, 6.07) is 62.0. The number of nitrogens with zero attached hydrogens (tertiary/aromatic N) is 4. The summed E-state index contributed by atoms with van der Waals surface area (Å²) in [6.07, 6.45) is 1.89. The molecule has 3 heterocycles. The van der Waals surface area contributed by atoms with Gasteiger partial charge in [0.1, 0.15) is 41.4 Å². The number of anilines is 4. The molecule has 0 radical (unpaired) electrons. The average Bonchev–Trinajstić information content (AvgIpc) is 4.16. The van der Waals surface area contributed by atoms with Gasteiger partial charge in [-0.05, 0) is 152 Å². The molecule has 8 heteroatoms. The lowest BCUT2D eigenvalue weighted by molar-refractivity contribution is 0.483. The summed E-state index contributed by atoms with van der Waals surface area (Å²) >= 11 is 0. The third-order valence-electron chi connectivity index (χ3n) is 16.2. The van der Waals surface area contributed by atoms with Crippen LogP contribution in [-0.4, -0.2) is 16.2 Å². The molecular formula is C74H67F3N4O. The minimum atomic E-state index is -0.991. The Morgan fingerprint density at radius 2 is 1.05 bits per heavy atom. The molecule has 0 amide bonds. The number of halogens is 3. The molecule has 0 N–H and O–H groups in total. The highest BCUT2D eigenvalue weighted by Gasteiger charge is 2.35. The third-order valence-corrected chi connectivity index (χ3v) is 16.2. The first-order valence-electron chi connectivity index (χ1n) is 28.2. The Kier molecular flexibility index (Phi) is 13.3. The molecule has 0 atom stereocenters. The molecule has 12 rings (SSSR count). The van der Waals surface area contributed by atoms with Gasteiger partial charge < -0.3 is 14.5 Å². The van der Waals surface area contributed by atoms with Crippen molar-refractivity contribution in [3.63, 3.8) is 0 Å². The van der Waals surface area contributed by atoms with Crippen LogP contribution < -0.4 is 14.5 Å². The zero-order valence-electron chi connectivity index (χ0n) is 48.5. The van der Waals surface area contributed by atoms with Crippen LogP contribution in [0.25, 0.3) is 72.1 Å². The van der Waals surface area contributed by atoms with Crippen molar-refractivity contribution >= 4 is 44.6 Å². The van der Waals surface area contributed by atoms with Crippen molar-refractivity contribution in [2.24, 2.45) is 0 Å². The second-order valence-electron chi connectivity index (χ2n) is 25.1. The maximum Gasteiger partial charge on any atom is 0.137 e. The maximum absolute atomic E-state index is 16.9. The minimum absolute atomic E-state index is 0.0833. The first-order valence-corrected chi connectivity index (χ1v) is 28.2. The predicted octanol–water partition coefficient (Wildman–Crippen LogP) is 20.8. The zero-order valence-corrected chi connectivity index (χ0v) is 48.5. The monoisotopic (exact) mass is 1080 g/mol. The molecular weight excluding hydrogens is 1020 g/mol. The zero-order chi connectivity index (χ0) is 57.6. The second kappa shape index (κ2) is 20.3. The molecule has 0 bridgehead atoms. The van der Waals surface area contributed by atoms with Crippen LogP contribution in [0.15, 0.2) is 194 Å². The Balaban J connectivity index is 1.07. The summed E-state index contributed by atoms with van der Waals surface area (Å²) in [4.78, 5) is 9.35. The smallest absolute Gasteiger partial charge is 0.137 e. The number of aryl methyl sites for hydroxylation is 2. The summed E-state index contributed by atoms with van der Waals surface area (Å²) in [5.41, 5.74) is 15.6. The third kappa shape index (κ3) is 9.88. The molecule has 0 fully saturated rings. The van der Waals surface area contributed by atoms with E-state index < -0.39 is 17.5 Å². The van der Waals surface area contributed by atoms with Crippen molar-refractivity contribution in [3.8, 4) is 61.8 Å². The Morgan fingerprint density at radius 1 is 0.439 bits per heavy atom. The van der Waals surface area contributed by atoms with E-state index in [9.17, 15) is 0 Å². The maximum atomic E-state index is 16.9. The molecule has 0 spiro atoms. The first-order chi connectivity index (χ1) is 39.1. The minimum Gasteiger partial charge on any atom is -0.457 e. The molecule has 1 aliphatic heterocycles. The standard InChI is InChI=1S/C74H67F3N4O/c1-45-20-19-21-46(2)69(45)50-34-55(42-57(35-50)82-56-28-29-59-58-24-15-16-25-64(58)81(67(59)43-56)68-39-51(30-31-78-68)72(3,4)5)79-44-80(66-27-18-17-26-65(66)79)71-60(49-32-52(73(6,7)8)38-53(33-49)74(9,10)11)36-48(47-22-13-12-14-23-47)37-61(71)70-62(76)40-54(75)41-63(70)77/h12-43H,44H2,1-11H3. The normalized spacial score (nSPS) is 12.9. The Hall–Kier alpha value is -8.88. The number of fused-ring (bicyclic) bond motifs is 4. The van der Waals surface area contributed by atoms with Gasteiger partial charge in [0.15, 0.2) is 0 Å². The van der Waals surface area contributed by atoms with Crippen LogP contribution in [0.1, 0.15) is 90.1 Å². The van der Waals surface area contributed by atoms with E-state index in [-0.39, 0.29) is 28.5 Å². The topological polar surface area (TPSA) is 33.5 Å². The van der Waals surface area contributed by atoms with Crippen LogP contribution in [0.3, 0.4) is 0 Å². The van der Waals surface area contributed by atoms with Gasteiger partial charge in [0.25, 0.3) is 0 Å². The van der Waals surface area contributed by atoms with Gasteiger partial charge in [-0.3, -0.25) is 4.57 Å². The highest BCUT2D eigenvalue weighted by molar-refractivity contribution is 6.09. The number of hydrogen-bond acceptors (Lipinski definition) is 4. The van der Waals surface area contributed by atoms with Crippen LogP contribution in [0.4, 0.5) is 35.9 Å². The lowest BCUT2D eigenvalue weighted by Gasteiger charge is -2.30. The number of rotatable bonds is 9. The van der Waals surface area contributed by atoms with Gasteiger partial charge in [-0.25, -0.2) is 18.2 Å². The van der Waals surface area contributed by atoms with Crippen LogP contribution in [0, 0.1) is 31.3 Å². The van der Waals surface area contributed by atoms with Crippen molar-refractivity contribution in [3.05, 3.63) is 240 Å². The lowest BCUT2D eigenvalue weighted by atomic mass is 9.78. The fourth-order valence-electron chi connectivity index (χ4n) is 11.8. The molecule has 0 aliphatic carbocycles. The molecule has 9 aromatic carbocycles. The summed E-state index contributed by atoms with van der Waals surface area (Å²) in [5, 5.41) is 2.20. The molecule has 2 aromatic heterocycles. The van der Waals surface area contributed by atoms with Crippen LogP contribution in [0.2, 0.25) is 0 Å². The number of para-hydroxylation sites is 3. The van der Waals surface area contributed by atoms with Crippen molar-refractivity contribution in [1.82, 2.24) is 9.55 Å². The number of hydrogen-bond donors (Lipinski definition) is 0. The quantitative estimate of drug-likeness (QED) is 0.144. The highest BCUT2D eigenvalue weighted by atomic mass is 19.1. The van der Waals surface area contributed by atoms with Gasteiger partial charge >= 0.3 is 0 Å². The number of benzene rings is 9. The van der Waals surface area contributed by atoms with E-state index in [2.05, 4.69) is 212 Å². The average molecular weight is 1090 g/mol. The Bertz CT molecular complexity index is 4230. The van der Waals surface area contributed by atoms with E-state index in [1.54, 1.807) is 0 Å². The molecule has 1 aliphatic rings. The van der Waals surface area contributed by atoms with E-state index in [0.29, 0.717) is 22.7 Å². The number of ether oxygens (including phenoxy) is 1. The summed E-state index contributed by atoms with van der Waals surface area (Å²) in [5.74, 6) is -0.866. The van der Waals surface area contributed by atoms with Crippen LogP contribution >= 0.6 is 0 Å². The fraction of sp³-hybridized carbons (Fsp3) is 0.203. The van der Waals surface area contributed by atoms with Gasteiger partial charge in [0.2, 0.25) is 0 Å². The molecule has 0 saturated carbocycles. The molecule has 0 unspecified atom stereocenters. The van der Waals surface area contributed by atoms with E-state index >= 15 is 13.2 Å². The first kappa shape index (κ1) is 53.7. The molecule has 82 heavy (non-hydrogen) atoms. The van der Waals surface area contributed by atoms with E-state index in [4.69, 9.17) is 9.72 Å². The lowest BCUT2D eigenvalue weighted by Crippen LogP contribution is -2.25. The summed E-state index contributed by atoms with van der Waals surface area (Å²) in [7, 11) is 0. The van der Waals surface area contributed by atoms with Gasteiger partial charge in [-0.1, -0.05) is 159 Å². The molecule has 5 nitrogen and oxygen atoms in total. The van der Waals surface area contributed by atoms with Crippen molar-refractivity contribution in [1.29, 1.82) is 0 Å². The Morgan fingerprint density at radius 3 is 1.72 bits per heavy atom. The van der Waals surface area contributed by atoms with Crippen molar-refractivity contribution < 1.29 is 17.9 Å². The van der Waals surface area contributed by atoms with Crippen molar-refractivity contribution in [2.75, 3.05) is 16.5 Å². The van der Waals surface area contributed by atoms with E-state index in [1.165, 1.54) is 5.56 Å². The number of pyridine rings is 1. The van der Waals surface area contributed by atoms with Crippen LogP contribution in [-0.2, 0) is 16.2 Å². The fourth-order valence-corrected chi connectivity index (χ4v) is 11.8. The van der Waals surface area contributed by atoms with Crippen molar-refractivity contribution in [2.45, 2.75) is 92.4 Å². The Labute approximate surface area is 479 Å². The highest BCUT2D eigenvalue weighted by Crippen LogP contribution is 2.54. The molecule has 0 saturated heterocycles. The molecule has 11 aromatic rings. The molecule has 410 valence electrons. The predicted molar refractivity (Wildman–Crippen MR) is 334 cm³/mol. The van der Waals surface area contributed by atoms with Gasteiger partial charge in [-0.2, -0.15) is 0 Å². The van der Waals surface area contributed by atoms with E-state index in [1.807, 2.05) is 60.8 Å². The van der Waals surface area contributed by atoms with Gasteiger partial charge in [0.05, 0.1) is 33.7 Å². The second-order valence-corrected chi connectivity index (χ2v) is 25.1. The van der Waals surface area contributed by atoms with Crippen LogP contribution in [0.5, 0.6) is 11.5 Å². The van der Waals surface area contributed by atoms with Gasteiger partial charge in [0, 0.05) is 58.0 Å². The SMILES string of the molecule is Cc1cccc(C)c1-c1cc(Oc2ccc3c4ccccc4n(-c4cc(C(C)(C)C)ccn4)c3c2)cc(N2CN(c3c(-c4cc(C(C)(C)C)cc(C(C)(C)C)c4)cc(-c4ccccc4)cc3-c3c(F)cc(F)cc3F)c3ccccc32)c1. The summed E-state index contributed by atoms with van der Waals surface area (Å²) in [6.45, 7) is 24.4. The van der Waals surface area contributed by atoms with E-state index in [0.717, 1.165) is 112 Å². The summed E-state index contributed by atoms with van der Waals surface area (Å²) < 4.78 is 58.2.